The Kier molecular flexibility index (Phi) is 12.6. The first-order chi connectivity index (χ1) is 11.0. The van der Waals surface area contributed by atoms with E-state index in [0.29, 0.717) is 32.5 Å². The Morgan fingerprint density at radius 1 is 1.13 bits per heavy atom. The number of ether oxygens (including phenoxy) is 4. The van der Waals surface area contributed by atoms with Gasteiger partial charge in [0.25, 0.3) is 6.47 Å². The molecule has 0 saturated carbocycles. The molecule has 136 valence electrons. The van der Waals surface area contributed by atoms with E-state index in [-0.39, 0.29) is 37.3 Å². The van der Waals surface area contributed by atoms with Crippen molar-refractivity contribution in [3.8, 4) is 0 Å². The molecule has 0 rings (SSSR count). The molecule has 0 amide bonds. The van der Waals surface area contributed by atoms with Crippen LogP contribution in [0.15, 0.2) is 0 Å². The molecule has 23 heavy (non-hydrogen) atoms. The third-order valence-electron chi connectivity index (χ3n) is 3.60. The van der Waals surface area contributed by atoms with Crippen LogP contribution in [-0.4, -0.2) is 76.1 Å². The van der Waals surface area contributed by atoms with Crippen LogP contribution in [0.5, 0.6) is 0 Å². The highest BCUT2D eigenvalue weighted by Crippen LogP contribution is 2.03. The Hall–Kier alpha value is -1.18. The molecule has 0 N–H and O–H groups in total. The standard InChI is InChI=1S/C16H31NO6/c1-6-15(23-12-18)11-22-16(19)7-8-17(9-13(2)20-4)10-14(3)21-5/h12-15H,6-11H2,1-5H3. The molecule has 3 unspecified atom stereocenters. The van der Waals surface area contributed by atoms with E-state index in [2.05, 4.69) is 4.90 Å². The normalized spacial score (nSPS) is 15.0. The number of carbonyl (C=O) groups excluding carboxylic acids is 2. The first kappa shape index (κ1) is 21.8. The van der Waals surface area contributed by atoms with E-state index in [1.54, 1.807) is 14.2 Å². The van der Waals surface area contributed by atoms with Gasteiger partial charge in [-0.05, 0) is 20.3 Å². The summed E-state index contributed by atoms with van der Waals surface area (Å²) in [6, 6.07) is 0. The highest BCUT2D eigenvalue weighted by Gasteiger charge is 2.16. The van der Waals surface area contributed by atoms with Crippen LogP contribution in [0.3, 0.4) is 0 Å². The molecular weight excluding hydrogens is 302 g/mol. The molecule has 0 aliphatic carbocycles. The number of esters is 1. The quantitative estimate of drug-likeness (QED) is 0.350. The summed E-state index contributed by atoms with van der Waals surface area (Å²) in [6.45, 7) is 8.27. The third kappa shape index (κ3) is 11.1. The van der Waals surface area contributed by atoms with Gasteiger partial charge in [0.15, 0.2) is 0 Å². The van der Waals surface area contributed by atoms with Crippen molar-refractivity contribution in [3.05, 3.63) is 0 Å². The van der Waals surface area contributed by atoms with Gasteiger partial charge in [-0.1, -0.05) is 6.92 Å². The molecule has 0 bridgehead atoms. The molecule has 7 heteroatoms. The predicted octanol–water partition coefficient (Wildman–Crippen LogP) is 1.24. The van der Waals surface area contributed by atoms with Gasteiger partial charge >= 0.3 is 5.97 Å². The molecule has 0 aliphatic heterocycles. The van der Waals surface area contributed by atoms with E-state index in [1.807, 2.05) is 20.8 Å². The van der Waals surface area contributed by atoms with Crippen molar-refractivity contribution in [2.24, 2.45) is 0 Å². The minimum atomic E-state index is -0.380. The van der Waals surface area contributed by atoms with Gasteiger partial charge in [0.05, 0.1) is 18.6 Å². The van der Waals surface area contributed by atoms with E-state index in [0.717, 1.165) is 0 Å². The second kappa shape index (κ2) is 13.3. The summed E-state index contributed by atoms with van der Waals surface area (Å²) in [5.74, 6) is -0.307. The monoisotopic (exact) mass is 333 g/mol. The van der Waals surface area contributed by atoms with Crippen molar-refractivity contribution in [2.75, 3.05) is 40.5 Å². The number of carbonyl (C=O) groups is 2. The van der Waals surface area contributed by atoms with Crippen LogP contribution in [0.4, 0.5) is 0 Å². The summed E-state index contributed by atoms with van der Waals surface area (Å²) >= 11 is 0. The largest absolute Gasteiger partial charge is 0.462 e. The Morgan fingerprint density at radius 2 is 1.70 bits per heavy atom. The lowest BCUT2D eigenvalue weighted by Gasteiger charge is -2.27. The maximum absolute atomic E-state index is 11.8. The fourth-order valence-corrected chi connectivity index (χ4v) is 1.97. The molecule has 0 aromatic carbocycles. The van der Waals surface area contributed by atoms with E-state index in [1.165, 1.54) is 0 Å². The molecule has 0 aliphatic rings. The van der Waals surface area contributed by atoms with Crippen LogP contribution in [0.2, 0.25) is 0 Å². The minimum absolute atomic E-state index is 0.0699. The minimum Gasteiger partial charge on any atom is -0.462 e. The summed E-state index contributed by atoms with van der Waals surface area (Å²) in [7, 11) is 3.32. The third-order valence-corrected chi connectivity index (χ3v) is 3.60. The average Bonchev–Trinajstić information content (AvgIpc) is 2.55. The summed E-state index contributed by atoms with van der Waals surface area (Å²) in [5, 5.41) is 0. The van der Waals surface area contributed by atoms with Crippen LogP contribution in [-0.2, 0) is 28.5 Å². The molecule has 0 aromatic heterocycles. The van der Waals surface area contributed by atoms with Gasteiger partial charge in [-0.15, -0.1) is 0 Å². The topological polar surface area (TPSA) is 74.3 Å². The Balaban J connectivity index is 4.25. The fraction of sp³-hybridized carbons (Fsp3) is 0.875. The molecule has 0 heterocycles. The number of hydrogen-bond acceptors (Lipinski definition) is 7. The van der Waals surface area contributed by atoms with Crippen LogP contribution < -0.4 is 0 Å². The van der Waals surface area contributed by atoms with Crippen molar-refractivity contribution in [1.29, 1.82) is 0 Å². The first-order valence-electron chi connectivity index (χ1n) is 7.99. The SMILES string of the molecule is CCC(COC(=O)CCN(CC(C)OC)CC(C)OC)OC=O. The maximum atomic E-state index is 11.8. The van der Waals surface area contributed by atoms with Gasteiger partial charge in [-0.2, -0.15) is 0 Å². The molecular formula is C16H31NO6. The molecule has 0 radical (unpaired) electrons. The predicted molar refractivity (Wildman–Crippen MR) is 86.2 cm³/mol. The Bertz CT molecular complexity index is 314. The van der Waals surface area contributed by atoms with E-state index in [9.17, 15) is 9.59 Å². The highest BCUT2D eigenvalue weighted by molar-refractivity contribution is 5.69. The Labute approximate surface area is 139 Å². The van der Waals surface area contributed by atoms with Crippen molar-refractivity contribution in [3.63, 3.8) is 0 Å². The van der Waals surface area contributed by atoms with Crippen LogP contribution in [0.1, 0.15) is 33.6 Å². The Morgan fingerprint density at radius 3 is 2.13 bits per heavy atom. The summed E-state index contributed by atoms with van der Waals surface area (Å²) in [6.07, 6.45) is 0.634. The van der Waals surface area contributed by atoms with Gasteiger partial charge in [-0.3, -0.25) is 14.5 Å². The molecule has 3 atom stereocenters. The van der Waals surface area contributed by atoms with Crippen LogP contribution >= 0.6 is 0 Å². The smallest absolute Gasteiger partial charge is 0.307 e. The van der Waals surface area contributed by atoms with Gasteiger partial charge < -0.3 is 18.9 Å². The lowest BCUT2D eigenvalue weighted by molar-refractivity contribution is -0.152. The lowest BCUT2D eigenvalue weighted by Crippen LogP contribution is -2.39. The molecule has 0 saturated heterocycles. The van der Waals surface area contributed by atoms with Crippen molar-refractivity contribution in [1.82, 2.24) is 4.90 Å². The van der Waals surface area contributed by atoms with Crippen molar-refractivity contribution >= 4 is 12.4 Å². The number of hydrogen-bond donors (Lipinski definition) is 0. The summed E-state index contributed by atoms with van der Waals surface area (Å²) in [4.78, 5) is 24.2. The van der Waals surface area contributed by atoms with Gasteiger partial charge in [0, 0.05) is 33.9 Å². The van der Waals surface area contributed by atoms with Crippen LogP contribution in [0, 0.1) is 0 Å². The lowest BCUT2D eigenvalue weighted by atomic mass is 10.2. The van der Waals surface area contributed by atoms with Crippen molar-refractivity contribution in [2.45, 2.75) is 51.9 Å². The van der Waals surface area contributed by atoms with Crippen LogP contribution in [0.25, 0.3) is 0 Å². The number of rotatable bonds is 14. The second-order valence-corrected chi connectivity index (χ2v) is 5.55. The fourth-order valence-electron chi connectivity index (χ4n) is 1.97. The molecule has 0 aromatic rings. The maximum Gasteiger partial charge on any atom is 0.307 e. The average molecular weight is 333 g/mol. The highest BCUT2D eigenvalue weighted by atomic mass is 16.6. The van der Waals surface area contributed by atoms with Crippen molar-refractivity contribution < 1.29 is 28.5 Å². The van der Waals surface area contributed by atoms with Gasteiger partial charge in [0.1, 0.15) is 12.7 Å². The number of methoxy groups -OCH3 is 2. The molecule has 7 nitrogen and oxygen atoms in total. The van der Waals surface area contributed by atoms with E-state index in [4.69, 9.17) is 18.9 Å². The zero-order valence-electron chi connectivity index (χ0n) is 14.9. The van der Waals surface area contributed by atoms with E-state index < -0.39 is 0 Å². The number of nitrogens with zero attached hydrogens (tertiary/aromatic N) is 1. The van der Waals surface area contributed by atoms with E-state index >= 15 is 0 Å². The van der Waals surface area contributed by atoms with Gasteiger partial charge in [-0.25, -0.2) is 0 Å². The summed E-state index contributed by atoms with van der Waals surface area (Å²) in [5.41, 5.74) is 0. The first-order valence-corrected chi connectivity index (χ1v) is 7.99. The molecule has 0 fully saturated rings. The zero-order valence-corrected chi connectivity index (χ0v) is 14.9. The second-order valence-electron chi connectivity index (χ2n) is 5.55. The summed E-state index contributed by atoms with van der Waals surface area (Å²) < 4.78 is 20.5. The zero-order chi connectivity index (χ0) is 17.7. The van der Waals surface area contributed by atoms with Gasteiger partial charge in [0.2, 0.25) is 0 Å². The molecule has 0 spiro atoms.